The summed E-state index contributed by atoms with van der Waals surface area (Å²) in [6, 6.07) is 104. The fraction of sp³-hybridized carbons (Fsp3) is 0. The van der Waals surface area contributed by atoms with Gasteiger partial charge in [-0.1, -0.05) is 212 Å². The average molecular weight is 1140 g/mol. The van der Waals surface area contributed by atoms with Gasteiger partial charge in [0.2, 0.25) is 0 Å². The van der Waals surface area contributed by atoms with Crippen molar-refractivity contribution in [3.8, 4) is 61.3 Å². The number of fused-ring (bicyclic) bond motifs is 18. The minimum absolute atomic E-state index is 1.03. The molecular formula is C81H46N2S3. The minimum atomic E-state index is 1.03. The van der Waals surface area contributed by atoms with Crippen LogP contribution in [0.1, 0.15) is 0 Å². The molecule has 0 atom stereocenters. The third-order valence-electron chi connectivity index (χ3n) is 18.1. The Morgan fingerprint density at radius 1 is 0.244 bits per heavy atom. The molecular weight excluding hydrogens is 1100 g/mol. The highest BCUT2D eigenvalue weighted by atomic mass is 32.1. The normalized spacial score (nSPS) is 12.2. The van der Waals surface area contributed by atoms with Gasteiger partial charge in [0.25, 0.3) is 0 Å². The fourth-order valence-electron chi connectivity index (χ4n) is 14.2. The Morgan fingerprint density at radius 2 is 0.686 bits per heavy atom. The van der Waals surface area contributed by atoms with Crippen LogP contribution in [0.4, 0.5) is 0 Å². The monoisotopic (exact) mass is 1140 g/mol. The van der Waals surface area contributed by atoms with Gasteiger partial charge < -0.3 is 4.57 Å². The van der Waals surface area contributed by atoms with Crippen LogP contribution in [-0.2, 0) is 0 Å². The molecule has 398 valence electrons. The van der Waals surface area contributed by atoms with Crippen molar-refractivity contribution in [1.82, 2.24) is 9.55 Å². The molecule has 0 fully saturated rings. The molecule has 0 saturated heterocycles. The minimum Gasteiger partial charge on any atom is -0.309 e. The molecule has 5 heterocycles. The molecule has 19 aromatic rings. The zero-order chi connectivity index (χ0) is 56.1. The number of thiophene rings is 3. The van der Waals surface area contributed by atoms with Gasteiger partial charge in [0, 0.05) is 104 Å². The first-order chi connectivity index (χ1) is 42.6. The Kier molecular flexibility index (Phi) is 10.4. The molecule has 19 rings (SSSR count). The lowest BCUT2D eigenvalue weighted by Gasteiger charge is -2.16. The van der Waals surface area contributed by atoms with Crippen LogP contribution >= 0.6 is 34.0 Å². The van der Waals surface area contributed by atoms with Crippen molar-refractivity contribution in [2.24, 2.45) is 0 Å². The second-order valence-electron chi connectivity index (χ2n) is 22.8. The summed E-state index contributed by atoms with van der Waals surface area (Å²) in [6.45, 7) is 0. The lowest BCUT2D eigenvalue weighted by molar-refractivity contribution is 1.18. The number of pyridine rings is 1. The summed E-state index contributed by atoms with van der Waals surface area (Å²) < 4.78 is 10.3. The Hall–Kier alpha value is -10.3. The van der Waals surface area contributed by atoms with Crippen molar-refractivity contribution >= 4 is 160 Å². The highest BCUT2D eigenvalue weighted by Crippen LogP contribution is 2.49. The van der Waals surface area contributed by atoms with Gasteiger partial charge >= 0.3 is 0 Å². The van der Waals surface area contributed by atoms with Crippen molar-refractivity contribution in [2.75, 3.05) is 0 Å². The largest absolute Gasteiger partial charge is 0.309 e. The molecule has 0 aliphatic rings. The van der Waals surface area contributed by atoms with E-state index >= 15 is 0 Å². The number of benzene rings is 14. The van der Waals surface area contributed by atoms with E-state index in [0.717, 1.165) is 43.8 Å². The lowest BCUT2D eigenvalue weighted by Crippen LogP contribution is -1.96. The predicted octanol–water partition coefficient (Wildman–Crippen LogP) is 24.2. The summed E-state index contributed by atoms with van der Waals surface area (Å²) in [4.78, 5) is 5.50. The second-order valence-corrected chi connectivity index (χ2v) is 26.0. The smallest absolute Gasteiger partial charge is 0.0794 e. The molecule has 0 amide bonds. The van der Waals surface area contributed by atoms with E-state index in [2.05, 4.69) is 284 Å². The number of hydrogen-bond acceptors (Lipinski definition) is 4. The van der Waals surface area contributed by atoms with Gasteiger partial charge in [-0.15, -0.1) is 34.0 Å². The number of nitrogens with zero attached hydrogens (tertiary/aromatic N) is 2. The van der Waals surface area contributed by atoms with E-state index in [0.29, 0.717) is 0 Å². The third kappa shape index (κ3) is 7.20. The maximum Gasteiger partial charge on any atom is 0.0794 e. The standard InChI is InChI=1S/C81H46N2S3/c1-3-19-56-47(15-1)33-38-68-76(69-39-34-48-16-2-4-20-57(48)78(69)82-77(56)68)51-17-11-18-55(44-51)83-71-30-8-5-21-61(71)70-45-49(36-40-72(70)83)50-35-37-64-67-29-14-26-60(81(67)86-75(64)46-50)54-42-52(58-24-12-27-65-62-22-6-9-31-73(62)84-79(58)65)41-53(43-54)59-25-13-28-66-63-23-7-10-32-74(63)85-80(59)66/h1-46H. The maximum atomic E-state index is 5.50. The number of aromatic nitrogens is 2. The Bertz CT molecular complexity index is 5880. The van der Waals surface area contributed by atoms with Gasteiger partial charge in [0.1, 0.15) is 0 Å². The highest BCUT2D eigenvalue weighted by molar-refractivity contribution is 7.27. The van der Waals surface area contributed by atoms with Crippen LogP contribution in [0.25, 0.3) is 187 Å². The summed E-state index contributed by atoms with van der Waals surface area (Å²) in [5.74, 6) is 0. The lowest BCUT2D eigenvalue weighted by atomic mass is 9.92. The van der Waals surface area contributed by atoms with E-state index in [4.69, 9.17) is 4.98 Å². The molecule has 5 aromatic heterocycles. The van der Waals surface area contributed by atoms with Crippen LogP contribution in [0.3, 0.4) is 0 Å². The van der Waals surface area contributed by atoms with E-state index in [1.165, 1.54) is 143 Å². The zero-order valence-electron chi connectivity index (χ0n) is 46.2. The summed E-state index contributed by atoms with van der Waals surface area (Å²) in [6.07, 6.45) is 0. The van der Waals surface area contributed by atoms with Crippen molar-refractivity contribution in [2.45, 2.75) is 0 Å². The summed E-state index contributed by atoms with van der Waals surface area (Å²) in [5, 5.41) is 17.3. The number of para-hydroxylation sites is 1. The predicted molar refractivity (Wildman–Crippen MR) is 374 cm³/mol. The molecule has 0 bridgehead atoms. The molecule has 0 aliphatic carbocycles. The molecule has 0 saturated carbocycles. The molecule has 0 radical (unpaired) electrons. The average Bonchev–Trinajstić information content (AvgIpc) is 3.36. The summed E-state index contributed by atoms with van der Waals surface area (Å²) in [5.41, 5.74) is 17.8. The molecule has 0 spiro atoms. The Balaban J connectivity index is 0.748. The highest BCUT2D eigenvalue weighted by Gasteiger charge is 2.22. The molecule has 2 nitrogen and oxygen atoms in total. The molecule has 0 N–H and O–H groups in total. The summed E-state index contributed by atoms with van der Waals surface area (Å²) >= 11 is 5.71. The van der Waals surface area contributed by atoms with E-state index in [1.807, 2.05) is 34.0 Å². The fourth-order valence-corrected chi connectivity index (χ4v) is 18.0. The molecule has 0 aliphatic heterocycles. The zero-order valence-corrected chi connectivity index (χ0v) is 48.6. The maximum absolute atomic E-state index is 5.50. The summed E-state index contributed by atoms with van der Waals surface area (Å²) in [7, 11) is 0. The SMILES string of the molecule is c1cc(-c2c3ccc4ccccc4c3nc3c2ccc2ccccc23)cc(-n2c3ccccc3c3cc(-c4ccc5c(c4)sc4c(-c6cc(-c7cccc8c7sc7ccccc78)cc(-c7cccc8c7sc7ccccc78)c6)cccc45)ccc32)c1. The molecule has 5 heteroatoms. The van der Waals surface area contributed by atoms with Gasteiger partial charge in [0.15, 0.2) is 0 Å². The van der Waals surface area contributed by atoms with Crippen molar-refractivity contribution in [1.29, 1.82) is 0 Å². The van der Waals surface area contributed by atoms with Crippen LogP contribution < -0.4 is 0 Å². The quantitative estimate of drug-likeness (QED) is 0.120. The molecule has 0 unspecified atom stereocenters. The first-order valence-electron chi connectivity index (χ1n) is 29.3. The first-order valence-corrected chi connectivity index (χ1v) is 31.8. The topological polar surface area (TPSA) is 17.8 Å². The van der Waals surface area contributed by atoms with Gasteiger partial charge in [-0.3, -0.25) is 0 Å². The van der Waals surface area contributed by atoms with Crippen LogP contribution in [0, 0.1) is 0 Å². The van der Waals surface area contributed by atoms with Crippen LogP contribution in [0.15, 0.2) is 279 Å². The Morgan fingerprint density at radius 3 is 1.28 bits per heavy atom. The van der Waals surface area contributed by atoms with Crippen LogP contribution in [0.5, 0.6) is 0 Å². The third-order valence-corrected chi connectivity index (χ3v) is 21.8. The van der Waals surface area contributed by atoms with Gasteiger partial charge in [-0.25, -0.2) is 4.98 Å². The van der Waals surface area contributed by atoms with Gasteiger partial charge in [-0.05, 0) is 128 Å². The van der Waals surface area contributed by atoms with Gasteiger partial charge in [0.05, 0.1) is 22.1 Å². The Labute approximate surface area is 506 Å². The second kappa shape index (κ2) is 18.6. The number of rotatable bonds is 6. The van der Waals surface area contributed by atoms with E-state index in [1.54, 1.807) is 0 Å². The molecule has 86 heavy (non-hydrogen) atoms. The first kappa shape index (κ1) is 48.1. The van der Waals surface area contributed by atoms with Crippen LogP contribution in [0.2, 0.25) is 0 Å². The van der Waals surface area contributed by atoms with Crippen LogP contribution in [-0.4, -0.2) is 9.55 Å². The van der Waals surface area contributed by atoms with E-state index in [-0.39, 0.29) is 0 Å². The molecule has 14 aromatic carbocycles. The van der Waals surface area contributed by atoms with E-state index in [9.17, 15) is 0 Å². The van der Waals surface area contributed by atoms with Crippen molar-refractivity contribution in [3.05, 3.63) is 279 Å². The van der Waals surface area contributed by atoms with E-state index < -0.39 is 0 Å². The number of hydrogen-bond donors (Lipinski definition) is 0. The van der Waals surface area contributed by atoms with Crippen molar-refractivity contribution in [3.63, 3.8) is 0 Å². The van der Waals surface area contributed by atoms with Crippen molar-refractivity contribution < 1.29 is 0 Å². The van der Waals surface area contributed by atoms with Gasteiger partial charge in [-0.2, -0.15) is 0 Å².